The van der Waals surface area contributed by atoms with Gasteiger partial charge in [-0.3, -0.25) is 0 Å². The van der Waals surface area contributed by atoms with E-state index in [-0.39, 0.29) is 24.4 Å². The molecule has 0 spiro atoms. The number of benzene rings is 3. The van der Waals surface area contributed by atoms with E-state index in [1.165, 1.54) is 19.1 Å². The lowest BCUT2D eigenvalue weighted by Gasteiger charge is -2.17. The number of ether oxygens (including phenoxy) is 3. The summed E-state index contributed by atoms with van der Waals surface area (Å²) in [6.07, 6.45) is -0.875. The van der Waals surface area contributed by atoms with Gasteiger partial charge < -0.3 is 19.3 Å². The summed E-state index contributed by atoms with van der Waals surface area (Å²) >= 11 is 0. The number of hydrogen-bond donors (Lipinski definition) is 1. The standard InChI is InChI=1S/C31H31F3O5.C2H6/c1-21(35)38-28-18-25(10-5-6-17-37-27-12-7-11-26(19-27)31(32,33)34)29(20-28)39-30(36)24-15-13-23(14-16-24)22-8-3-2-4-9-22;1-2/h2-5,7-16,19,21,25,28-29,35H,6,17-18,20H2,1H3;1-2H3/b10-5+;/t21?,25?,28-,29-;/m1./s1. The molecule has 0 amide bonds. The Kier molecular flexibility index (Phi) is 12.0. The Balaban J connectivity index is 0.00000226. The highest BCUT2D eigenvalue weighted by atomic mass is 19.4. The van der Waals surface area contributed by atoms with E-state index in [0.29, 0.717) is 24.8 Å². The quantitative estimate of drug-likeness (QED) is 0.116. The molecule has 220 valence electrons. The van der Waals surface area contributed by atoms with Crippen LogP contribution >= 0.6 is 0 Å². The van der Waals surface area contributed by atoms with Crippen molar-refractivity contribution in [3.8, 4) is 16.9 Å². The van der Waals surface area contributed by atoms with Gasteiger partial charge in [0, 0.05) is 12.3 Å². The van der Waals surface area contributed by atoms with Crippen molar-refractivity contribution in [1.82, 2.24) is 0 Å². The van der Waals surface area contributed by atoms with Crippen LogP contribution in [0.15, 0.2) is 91.0 Å². The fraction of sp³-hybridized carbons (Fsp3) is 0.364. The number of halogens is 3. The van der Waals surface area contributed by atoms with Crippen molar-refractivity contribution in [2.24, 2.45) is 5.92 Å². The van der Waals surface area contributed by atoms with Crippen molar-refractivity contribution in [2.75, 3.05) is 6.61 Å². The van der Waals surface area contributed by atoms with Crippen LogP contribution in [0.3, 0.4) is 0 Å². The topological polar surface area (TPSA) is 65.0 Å². The number of aliphatic hydroxyl groups is 1. The molecule has 4 rings (SSSR count). The van der Waals surface area contributed by atoms with Crippen molar-refractivity contribution < 1.29 is 37.3 Å². The van der Waals surface area contributed by atoms with E-state index in [4.69, 9.17) is 14.2 Å². The first-order valence-corrected chi connectivity index (χ1v) is 13.9. The average Bonchev–Trinajstić information content (AvgIpc) is 3.34. The van der Waals surface area contributed by atoms with Gasteiger partial charge in [0.05, 0.1) is 23.8 Å². The predicted molar refractivity (Wildman–Crippen MR) is 152 cm³/mol. The summed E-state index contributed by atoms with van der Waals surface area (Å²) in [7, 11) is 0. The highest BCUT2D eigenvalue weighted by molar-refractivity contribution is 5.90. The highest BCUT2D eigenvalue weighted by Gasteiger charge is 2.37. The van der Waals surface area contributed by atoms with Gasteiger partial charge >= 0.3 is 12.1 Å². The smallest absolute Gasteiger partial charge is 0.416 e. The van der Waals surface area contributed by atoms with Gasteiger partial charge in [-0.1, -0.05) is 74.5 Å². The molecular weight excluding hydrogens is 533 g/mol. The van der Waals surface area contributed by atoms with Crippen LogP contribution in [0.2, 0.25) is 0 Å². The third-order valence-electron chi connectivity index (χ3n) is 6.48. The molecule has 5 nitrogen and oxygen atoms in total. The van der Waals surface area contributed by atoms with Crippen LogP contribution in [-0.4, -0.2) is 36.2 Å². The molecule has 0 heterocycles. The van der Waals surface area contributed by atoms with Crippen molar-refractivity contribution in [2.45, 2.75) is 64.7 Å². The maximum atomic E-state index is 12.9. The number of esters is 1. The van der Waals surface area contributed by atoms with E-state index >= 15 is 0 Å². The molecule has 3 aromatic carbocycles. The minimum atomic E-state index is -4.43. The molecule has 0 saturated heterocycles. The SMILES string of the molecule is CC.CC(O)O[C@@H]1CC(/C=C/CCOc2cccc(C(F)(F)F)c2)[C@H](OC(=O)c2ccc(-c3ccccc3)cc2)C1. The molecule has 41 heavy (non-hydrogen) atoms. The lowest BCUT2D eigenvalue weighted by molar-refractivity contribution is -0.137. The highest BCUT2D eigenvalue weighted by Crippen LogP contribution is 2.34. The van der Waals surface area contributed by atoms with Gasteiger partial charge in [0.1, 0.15) is 11.9 Å². The van der Waals surface area contributed by atoms with Gasteiger partial charge in [0.2, 0.25) is 0 Å². The summed E-state index contributed by atoms with van der Waals surface area (Å²) < 4.78 is 55.6. The first-order valence-electron chi connectivity index (χ1n) is 13.9. The zero-order chi connectivity index (χ0) is 29.8. The largest absolute Gasteiger partial charge is 0.493 e. The lowest BCUT2D eigenvalue weighted by Crippen LogP contribution is -2.22. The summed E-state index contributed by atoms with van der Waals surface area (Å²) in [5, 5.41) is 9.65. The summed E-state index contributed by atoms with van der Waals surface area (Å²) in [5.41, 5.74) is 1.72. The minimum absolute atomic E-state index is 0.144. The van der Waals surface area contributed by atoms with Gasteiger partial charge in [0.15, 0.2) is 6.29 Å². The molecule has 0 aliphatic heterocycles. The maximum Gasteiger partial charge on any atom is 0.416 e. The van der Waals surface area contributed by atoms with Gasteiger partial charge in [-0.25, -0.2) is 4.79 Å². The van der Waals surface area contributed by atoms with E-state index in [0.717, 1.165) is 23.3 Å². The number of alkyl halides is 3. The maximum absolute atomic E-state index is 12.9. The van der Waals surface area contributed by atoms with Crippen LogP contribution in [0.25, 0.3) is 11.1 Å². The fourth-order valence-electron chi connectivity index (χ4n) is 4.63. The summed E-state index contributed by atoms with van der Waals surface area (Å²) in [5.74, 6) is -0.437. The normalized spacial score (nSPS) is 19.3. The number of rotatable bonds is 10. The second-order valence-corrected chi connectivity index (χ2v) is 9.47. The summed E-state index contributed by atoms with van der Waals surface area (Å²) in [6.45, 7) is 5.72. The Hall–Kier alpha value is -3.62. The van der Waals surface area contributed by atoms with Crippen LogP contribution < -0.4 is 4.74 Å². The average molecular weight is 571 g/mol. The molecule has 4 atom stereocenters. The zero-order valence-electron chi connectivity index (χ0n) is 23.5. The van der Waals surface area contributed by atoms with Crippen molar-refractivity contribution >= 4 is 5.97 Å². The van der Waals surface area contributed by atoms with Crippen molar-refractivity contribution in [3.63, 3.8) is 0 Å². The Morgan fingerprint density at radius 2 is 1.66 bits per heavy atom. The fourth-order valence-corrected chi connectivity index (χ4v) is 4.63. The molecule has 1 fully saturated rings. The molecule has 3 aromatic rings. The zero-order valence-corrected chi connectivity index (χ0v) is 23.5. The van der Waals surface area contributed by atoms with E-state index < -0.39 is 30.1 Å². The van der Waals surface area contributed by atoms with Crippen molar-refractivity contribution in [1.29, 1.82) is 0 Å². The number of carbonyl (C=O) groups excluding carboxylic acids is 1. The number of aliphatic hydroxyl groups excluding tert-OH is 1. The summed E-state index contributed by atoms with van der Waals surface area (Å²) in [6, 6.07) is 21.8. The third kappa shape index (κ3) is 9.76. The van der Waals surface area contributed by atoms with Gasteiger partial charge in [0.25, 0.3) is 0 Å². The lowest BCUT2D eigenvalue weighted by atomic mass is 10.0. The minimum Gasteiger partial charge on any atom is -0.493 e. The van der Waals surface area contributed by atoms with E-state index in [9.17, 15) is 23.1 Å². The Morgan fingerprint density at radius 1 is 0.976 bits per heavy atom. The van der Waals surface area contributed by atoms with E-state index in [2.05, 4.69) is 0 Å². The van der Waals surface area contributed by atoms with Crippen LogP contribution in [0.1, 0.15) is 56.0 Å². The Bertz CT molecular complexity index is 1240. The van der Waals surface area contributed by atoms with Crippen molar-refractivity contribution in [3.05, 3.63) is 102 Å². The predicted octanol–water partition coefficient (Wildman–Crippen LogP) is 8.08. The van der Waals surface area contributed by atoms with Crippen LogP contribution in [0.5, 0.6) is 5.75 Å². The Morgan fingerprint density at radius 3 is 2.32 bits per heavy atom. The van der Waals surface area contributed by atoms with Crippen LogP contribution in [0.4, 0.5) is 13.2 Å². The molecule has 8 heteroatoms. The molecule has 1 aliphatic rings. The second-order valence-electron chi connectivity index (χ2n) is 9.47. The molecule has 2 unspecified atom stereocenters. The first kappa shape index (κ1) is 31.9. The molecule has 0 radical (unpaired) electrons. The van der Waals surface area contributed by atoms with Gasteiger partial charge in [-0.05, 0) is 61.2 Å². The summed E-state index contributed by atoms with van der Waals surface area (Å²) in [4.78, 5) is 12.9. The molecule has 1 N–H and O–H groups in total. The molecule has 0 bridgehead atoms. The van der Waals surface area contributed by atoms with Gasteiger partial charge in [-0.2, -0.15) is 13.2 Å². The molecule has 1 aliphatic carbocycles. The van der Waals surface area contributed by atoms with Crippen LogP contribution in [-0.2, 0) is 15.7 Å². The second kappa shape index (κ2) is 15.4. The number of carbonyl (C=O) groups is 1. The molecular formula is C33H37F3O5. The van der Waals surface area contributed by atoms with Gasteiger partial charge in [-0.15, -0.1) is 0 Å². The Labute approximate surface area is 239 Å². The van der Waals surface area contributed by atoms with Crippen LogP contribution in [0, 0.1) is 5.92 Å². The van der Waals surface area contributed by atoms with E-state index in [1.807, 2.05) is 68.5 Å². The monoisotopic (exact) mass is 570 g/mol. The first-order chi connectivity index (χ1) is 19.7. The van der Waals surface area contributed by atoms with E-state index in [1.54, 1.807) is 12.1 Å². The molecule has 1 saturated carbocycles. The number of hydrogen-bond acceptors (Lipinski definition) is 5. The third-order valence-corrected chi connectivity index (χ3v) is 6.48. The molecule has 0 aromatic heterocycles.